The average molecular weight is 768 g/mol. The number of aliphatic hydroxyl groups excluding tert-OH is 5. The van der Waals surface area contributed by atoms with Crippen LogP contribution < -0.4 is 5.32 Å². The van der Waals surface area contributed by atoms with Gasteiger partial charge in [-0.05, 0) is 38.5 Å². The van der Waals surface area contributed by atoms with Gasteiger partial charge < -0.3 is 40.3 Å². The number of carbonyl (C=O) groups excluding carboxylic acids is 1. The van der Waals surface area contributed by atoms with Gasteiger partial charge in [0, 0.05) is 6.42 Å². The molecule has 54 heavy (non-hydrogen) atoms. The van der Waals surface area contributed by atoms with Gasteiger partial charge in [0.05, 0.1) is 25.4 Å². The van der Waals surface area contributed by atoms with E-state index >= 15 is 0 Å². The number of allylic oxidation sites excluding steroid dienone is 3. The summed E-state index contributed by atoms with van der Waals surface area (Å²) >= 11 is 0. The van der Waals surface area contributed by atoms with Gasteiger partial charge in [-0.25, -0.2) is 0 Å². The van der Waals surface area contributed by atoms with Crippen molar-refractivity contribution < 1.29 is 39.8 Å². The summed E-state index contributed by atoms with van der Waals surface area (Å²) in [6, 6.07) is -0.805. The third kappa shape index (κ3) is 26.5. The second-order valence-electron chi connectivity index (χ2n) is 15.8. The number of hydrogen-bond acceptors (Lipinski definition) is 8. The molecule has 0 saturated carbocycles. The molecule has 9 nitrogen and oxygen atoms in total. The maximum atomic E-state index is 12.9. The van der Waals surface area contributed by atoms with E-state index < -0.39 is 49.5 Å². The van der Waals surface area contributed by atoms with E-state index in [0.717, 1.165) is 64.2 Å². The van der Waals surface area contributed by atoms with Gasteiger partial charge in [0.15, 0.2) is 6.29 Å². The molecule has 6 N–H and O–H groups in total. The average Bonchev–Trinajstić information content (AvgIpc) is 3.17. The fraction of sp³-hybridized carbons (Fsp3) is 0.889. The highest BCUT2D eigenvalue weighted by molar-refractivity contribution is 5.76. The highest BCUT2D eigenvalue weighted by Crippen LogP contribution is 2.22. The molecule has 0 radical (unpaired) electrons. The molecule has 1 heterocycles. The maximum absolute atomic E-state index is 12.9. The zero-order valence-electron chi connectivity index (χ0n) is 34.7. The number of carbonyl (C=O) groups is 1. The highest BCUT2D eigenvalue weighted by Gasteiger charge is 2.44. The molecule has 1 aliphatic rings. The van der Waals surface area contributed by atoms with E-state index in [1.54, 1.807) is 6.08 Å². The Hall–Kier alpha value is -1.33. The second-order valence-corrected chi connectivity index (χ2v) is 15.8. The first-order chi connectivity index (χ1) is 26.3. The molecule has 1 amide bonds. The van der Waals surface area contributed by atoms with Crippen molar-refractivity contribution in [1.29, 1.82) is 0 Å². The van der Waals surface area contributed by atoms with Crippen LogP contribution in [-0.2, 0) is 14.3 Å². The van der Waals surface area contributed by atoms with Crippen LogP contribution in [-0.4, -0.2) is 87.5 Å². The molecule has 0 spiro atoms. The molecular formula is C45H85NO8. The molecule has 318 valence electrons. The Bertz CT molecular complexity index is 899. The Labute approximate surface area is 330 Å². The molecule has 9 heteroatoms. The fourth-order valence-corrected chi connectivity index (χ4v) is 7.10. The fourth-order valence-electron chi connectivity index (χ4n) is 7.10. The number of hydrogen-bond donors (Lipinski definition) is 6. The minimum Gasteiger partial charge on any atom is -0.394 e. The maximum Gasteiger partial charge on any atom is 0.220 e. The van der Waals surface area contributed by atoms with Crippen molar-refractivity contribution in [1.82, 2.24) is 5.32 Å². The Morgan fingerprint density at radius 2 is 1.07 bits per heavy atom. The summed E-state index contributed by atoms with van der Waals surface area (Å²) in [5.74, 6) is -0.189. The van der Waals surface area contributed by atoms with E-state index in [1.165, 1.54) is 116 Å². The molecule has 7 unspecified atom stereocenters. The largest absolute Gasteiger partial charge is 0.394 e. The number of rotatable bonds is 37. The lowest BCUT2D eigenvalue weighted by Gasteiger charge is -2.40. The van der Waals surface area contributed by atoms with Crippen LogP contribution in [0.3, 0.4) is 0 Å². The van der Waals surface area contributed by atoms with Gasteiger partial charge in [0.2, 0.25) is 5.91 Å². The van der Waals surface area contributed by atoms with Crippen LogP contribution in [0.25, 0.3) is 0 Å². The standard InChI is InChI=1S/C45H85NO8/c1-3-5-7-9-11-13-15-16-17-18-19-20-21-22-23-24-25-26-28-30-32-34-39(48)38(37-53-45-44(52)43(51)42(50)40(36-47)54-45)46-41(49)35-33-31-29-27-14-12-10-8-6-4-2/h8,10,32,34,38-40,42-45,47-48,50-52H,3-7,9,11-31,33,35-37H2,1-2H3,(H,46,49)/b10-8-,34-32+. The van der Waals surface area contributed by atoms with Gasteiger partial charge in [0.1, 0.15) is 24.4 Å². The van der Waals surface area contributed by atoms with Crippen molar-refractivity contribution in [2.75, 3.05) is 13.2 Å². The summed E-state index contributed by atoms with van der Waals surface area (Å²) in [4.78, 5) is 12.9. The summed E-state index contributed by atoms with van der Waals surface area (Å²) in [6.07, 6.45) is 35.2. The Morgan fingerprint density at radius 1 is 0.611 bits per heavy atom. The van der Waals surface area contributed by atoms with Gasteiger partial charge in [-0.1, -0.05) is 179 Å². The van der Waals surface area contributed by atoms with Crippen molar-refractivity contribution in [2.45, 2.75) is 243 Å². The summed E-state index contributed by atoms with van der Waals surface area (Å²) in [7, 11) is 0. The predicted molar refractivity (Wildman–Crippen MR) is 221 cm³/mol. The van der Waals surface area contributed by atoms with Crippen molar-refractivity contribution in [2.24, 2.45) is 0 Å². The molecule has 1 aliphatic heterocycles. The van der Waals surface area contributed by atoms with Crippen LogP contribution in [0.5, 0.6) is 0 Å². The zero-order chi connectivity index (χ0) is 39.5. The lowest BCUT2D eigenvalue weighted by molar-refractivity contribution is -0.302. The number of aliphatic hydroxyl groups is 5. The van der Waals surface area contributed by atoms with Gasteiger partial charge in [-0.2, -0.15) is 0 Å². The molecule has 0 aliphatic carbocycles. The Balaban J connectivity index is 2.31. The molecule has 0 aromatic rings. The van der Waals surface area contributed by atoms with Crippen molar-refractivity contribution in [3.63, 3.8) is 0 Å². The molecule has 1 saturated heterocycles. The summed E-state index contributed by atoms with van der Waals surface area (Å²) in [6.45, 7) is 3.70. The second kappa shape index (κ2) is 36.0. The smallest absolute Gasteiger partial charge is 0.220 e. The number of ether oxygens (including phenoxy) is 2. The van der Waals surface area contributed by atoms with Crippen molar-refractivity contribution in [3.8, 4) is 0 Å². The minimum atomic E-state index is -1.56. The van der Waals surface area contributed by atoms with Crippen molar-refractivity contribution >= 4 is 5.91 Å². The van der Waals surface area contributed by atoms with Gasteiger partial charge in [-0.15, -0.1) is 0 Å². The first-order valence-corrected chi connectivity index (χ1v) is 22.6. The molecule has 0 bridgehead atoms. The molecular weight excluding hydrogens is 682 g/mol. The number of amides is 1. The van der Waals surface area contributed by atoms with Crippen LogP contribution in [0, 0.1) is 0 Å². The molecule has 0 aromatic carbocycles. The van der Waals surface area contributed by atoms with Gasteiger partial charge in [0.25, 0.3) is 0 Å². The first kappa shape index (κ1) is 50.7. The lowest BCUT2D eigenvalue weighted by Crippen LogP contribution is -2.60. The van der Waals surface area contributed by atoms with Gasteiger partial charge >= 0.3 is 0 Å². The van der Waals surface area contributed by atoms with Crippen LogP contribution in [0.15, 0.2) is 24.3 Å². The Kier molecular flexibility index (Phi) is 33.8. The van der Waals surface area contributed by atoms with Gasteiger partial charge in [-0.3, -0.25) is 4.79 Å². The lowest BCUT2D eigenvalue weighted by atomic mass is 9.99. The number of unbranched alkanes of at least 4 members (excludes halogenated alkanes) is 25. The van der Waals surface area contributed by atoms with E-state index in [2.05, 4.69) is 31.3 Å². The SMILES string of the molecule is CCC/C=C\CCCCCCCC(=O)NC(COC1OC(CO)C(O)C(O)C1O)C(O)/C=C/CCCCCCCCCCCCCCCCCCCCC. The summed E-state index contributed by atoms with van der Waals surface area (Å²) < 4.78 is 11.2. The molecule has 1 fully saturated rings. The summed E-state index contributed by atoms with van der Waals surface area (Å²) in [5, 5.41) is 54.1. The van der Waals surface area contributed by atoms with Crippen LogP contribution in [0.1, 0.15) is 200 Å². The number of nitrogens with one attached hydrogen (secondary N) is 1. The van der Waals surface area contributed by atoms with E-state index in [9.17, 15) is 30.3 Å². The highest BCUT2D eigenvalue weighted by atomic mass is 16.7. The Morgan fingerprint density at radius 3 is 1.57 bits per heavy atom. The zero-order valence-corrected chi connectivity index (χ0v) is 34.7. The predicted octanol–water partition coefficient (Wildman–Crippen LogP) is 9.11. The minimum absolute atomic E-state index is 0.189. The third-order valence-corrected chi connectivity index (χ3v) is 10.8. The molecule has 7 atom stereocenters. The summed E-state index contributed by atoms with van der Waals surface area (Å²) in [5.41, 5.74) is 0. The van der Waals surface area contributed by atoms with Crippen molar-refractivity contribution in [3.05, 3.63) is 24.3 Å². The normalized spacial score (nSPS) is 21.6. The van der Waals surface area contributed by atoms with Crippen LogP contribution in [0.2, 0.25) is 0 Å². The van der Waals surface area contributed by atoms with E-state index in [0.29, 0.717) is 6.42 Å². The third-order valence-electron chi connectivity index (χ3n) is 10.8. The topological polar surface area (TPSA) is 149 Å². The molecule has 1 rings (SSSR count). The quantitative estimate of drug-likeness (QED) is 0.0271. The first-order valence-electron chi connectivity index (χ1n) is 22.6. The van der Waals surface area contributed by atoms with E-state index in [-0.39, 0.29) is 12.5 Å². The van der Waals surface area contributed by atoms with E-state index in [4.69, 9.17) is 9.47 Å². The van der Waals surface area contributed by atoms with Crippen LogP contribution >= 0.6 is 0 Å². The monoisotopic (exact) mass is 768 g/mol. The molecule has 0 aromatic heterocycles. The van der Waals surface area contributed by atoms with E-state index in [1.807, 2.05) is 6.08 Å². The van der Waals surface area contributed by atoms with Crippen LogP contribution in [0.4, 0.5) is 0 Å².